The normalized spacial score (nSPS) is 12.6. The fourth-order valence-corrected chi connectivity index (χ4v) is 3.13. The first kappa shape index (κ1) is 17.0. The first-order valence-corrected chi connectivity index (χ1v) is 8.90. The molecular weight excluding hydrogens is 320 g/mol. The smallest absolute Gasteiger partial charge is 0.0254 e. The molecule has 0 aliphatic rings. The number of unbranched alkanes of at least 4 members (excludes halogenated alkanes) is 5. The maximum Gasteiger partial charge on any atom is 0.0254 e. The quantitative estimate of drug-likeness (QED) is 0.331. The molecule has 0 amide bonds. The monoisotopic (exact) mass is 344 g/mol. The second-order valence-electron chi connectivity index (χ2n) is 5.37. The molecule has 0 fully saturated rings. The minimum atomic E-state index is 0.617. The summed E-state index contributed by atoms with van der Waals surface area (Å²) in [7, 11) is 0. The van der Waals surface area contributed by atoms with E-state index in [1.165, 1.54) is 55.0 Å². The number of alkyl halides is 1. The molecule has 1 atom stereocenters. The van der Waals surface area contributed by atoms with Gasteiger partial charge in [-0.2, -0.15) is 0 Å². The van der Waals surface area contributed by atoms with Crippen LogP contribution < -0.4 is 0 Å². The summed E-state index contributed by atoms with van der Waals surface area (Å²) in [4.78, 5) is 0. The standard InChI is InChI=1S/C17H26BrCl/c1-2-3-4-5-6-7-10-15(14-19)13-16-11-8-9-12-17(16)18/h8-9,11-12,15H,2-7,10,13-14H2,1H3. The molecule has 0 aliphatic heterocycles. The molecule has 0 aliphatic carbocycles. The van der Waals surface area contributed by atoms with Crippen molar-refractivity contribution in [1.82, 2.24) is 0 Å². The molecule has 0 saturated heterocycles. The molecule has 0 aromatic heterocycles. The Morgan fingerprint density at radius 1 is 1.05 bits per heavy atom. The minimum absolute atomic E-state index is 0.617. The molecule has 108 valence electrons. The molecule has 1 aromatic carbocycles. The zero-order valence-electron chi connectivity index (χ0n) is 12.0. The highest BCUT2D eigenvalue weighted by Gasteiger charge is 2.10. The zero-order chi connectivity index (χ0) is 13.9. The SMILES string of the molecule is CCCCCCCCC(CCl)Cc1ccccc1Br. The minimum Gasteiger partial charge on any atom is -0.126 e. The van der Waals surface area contributed by atoms with Crippen LogP contribution in [0.25, 0.3) is 0 Å². The summed E-state index contributed by atoms with van der Waals surface area (Å²) in [6.07, 6.45) is 10.5. The van der Waals surface area contributed by atoms with Crippen molar-refractivity contribution in [3.63, 3.8) is 0 Å². The number of hydrogen-bond acceptors (Lipinski definition) is 0. The molecule has 1 rings (SSSR count). The van der Waals surface area contributed by atoms with Crippen LogP contribution in [0.4, 0.5) is 0 Å². The van der Waals surface area contributed by atoms with E-state index in [-0.39, 0.29) is 0 Å². The molecule has 19 heavy (non-hydrogen) atoms. The summed E-state index contributed by atoms with van der Waals surface area (Å²) in [5.41, 5.74) is 1.39. The van der Waals surface area contributed by atoms with Gasteiger partial charge in [-0.25, -0.2) is 0 Å². The number of halogens is 2. The summed E-state index contributed by atoms with van der Waals surface area (Å²) in [5, 5.41) is 0. The van der Waals surface area contributed by atoms with Gasteiger partial charge in [0.1, 0.15) is 0 Å². The van der Waals surface area contributed by atoms with Crippen molar-refractivity contribution >= 4 is 27.5 Å². The molecule has 1 unspecified atom stereocenters. The third-order valence-corrected chi connectivity index (χ3v) is 4.86. The Morgan fingerprint density at radius 3 is 2.42 bits per heavy atom. The van der Waals surface area contributed by atoms with E-state index in [1.807, 2.05) is 0 Å². The van der Waals surface area contributed by atoms with Crippen molar-refractivity contribution in [1.29, 1.82) is 0 Å². The van der Waals surface area contributed by atoms with Crippen LogP contribution in [0.3, 0.4) is 0 Å². The summed E-state index contributed by atoms with van der Waals surface area (Å²) in [5.74, 6) is 1.39. The fourth-order valence-electron chi connectivity index (χ4n) is 2.42. The summed E-state index contributed by atoms with van der Waals surface area (Å²) < 4.78 is 1.22. The van der Waals surface area contributed by atoms with Gasteiger partial charge in [-0.15, -0.1) is 11.6 Å². The van der Waals surface area contributed by atoms with Crippen LogP contribution in [-0.2, 0) is 6.42 Å². The molecule has 0 nitrogen and oxygen atoms in total. The third-order valence-electron chi connectivity index (χ3n) is 3.65. The van der Waals surface area contributed by atoms with Crippen LogP contribution in [-0.4, -0.2) is 5.88 Å². The van der Waals surface area contributed by atoms with Gasteiger partial charge >= 0.3 is 0 Å². The molecule has 0 spiro atoms. The van der Waals surface area contributed by atoms with Crippen LogP contribution in [0.2, 0.25) is 0 Å². The van der Waals surface area contributed by atoms with Crippen molar-refractivity contribution in [2.24, 2.45) is 5.92 Å². The topological polar surface area (TPSA) is 0 Å². The van der Waals surface area contributed by atoms with E-state index in [0.29, 0.717) is 5.92 Å². The van der Waals surface area contributed by atoms with Gasteiger partial charge in [-0.05, 0) is 30.4 Å². The van der Waals surface area contributed by atoms with Crippen LogP contribution in [0.15, 0.2) is 28.7 Å². The summed E-state index contributed by atoms with van der Waals surface area (Å²) >= 11 is 9.74. The lowest BCUT2D eigenvalue weighted by atomic mass is 9.95. The molecule has 0 radical (unpaired) electrons. The zero-order valence-corrected chi connectivity index (χ0v) is 14.3. The van der Waals surface area contributed by atoms with Crippen LogP contribution in [0, 0.1) is 5.92 Å². The van der Waals surface area contributed by atoms with E-state index < -0.39 is 0 Å². The summed E-state index contributed by atoms with van der Waals surface area (Å²) in [6, 6.07) is 8.49. The molecule has 0 bridgehead atoms. The van der Waals surface area contributed by atoms with Gasteiger partial charge < -0.3 is 0 Å². The molecular formula is C17H26BrCl. The second-order valence-corrected chi connectivity index (χ2v) is 6.54. The van der Waals surface area contributed by atoms with E-state index in [2.05, 4.69) is 47.1 Å². The largest absolute Gasteiger partial charge is 0.126 e. The Hall–Kier alpha value is -0.0100. The van der Waals surface area contributed by atoms with Crippen molar-refractivity contribution in [2.45, 2.75) is 58.3 Å². The fraction of sp³-hybridized carbons (Fsp3) is 0.647. The van der Waals surface area contributed by atoms with E-state index in [9.17, 15) is 0 Å². The average molecular weight is 346 g/mol. The van der Waals surface area contributed by atoms with Gasteiger partial charge in [-0.1, -0.05) is 79.6 Å². The van der Waals surface area contributed by atoms with Crippen LogP contribution >= 0.6 is 27.5 Å². The Kier molecular flexibility index (Phi) is 9.63. The number of hydrogen-bond donors (Lipinski definition) is 0. The van der Waals surface area contributed by atoms with Gasteiger partial charge in [0.15, 0.2) is 0 Å². The Bertz CT molecular complexity index is 338. The lowest BCUT2D eigenvalue weighted by Crippen LogP contribution is -2.07. The van der Waals surface area contributed by atoms with Crippen molar-refractivity contribution in [3.05, 3.63) is 34.3 Å². The Balaban J connectivity index is 2.24. The predicted octanol–water partition coefficient (Wildman–Crippen LogP) is 6.60. The predicted molar refractivity (Wildman–Crippen MR) is 90.0 cm³/mol. The lowest BCUT2D eigenvalue weighted by molar-refractivity contribution is 0.485. The highest BCUT2D eigenvalue weighted by atomic mass is 79.9. The van der Waals surface area contributed by atoms with Crippen molar-refractivity contribution in [2.75, 3.05) is 5.88 Å². The Morgan fingerprint density at radius 2 is 1.74 bits per heavy atom. The van der Waals surface area contributed by atoms with Crippen molar-refractivity contribution < 1.29 is 0 Å². The van der Waals surface area contributed by atoms with Gasteiger partial charge in [0.25, 0.3) is 0 Å². The van der Waals surface area contributed by atoms with E-state index in [4.69, 9.17) is 11.6 Å². The second kappa shape index (κ2) is 10.7. The summed E-state index contributed by atoms with van der Waals surface area (Å²) in [6.45, 7) is 2.27. The number of rotatable bonds is 10. The van der Waals surface area contributed by atoms with E-state index >= 15 is 0 Å². The number of benzene rings is 1. The van der Waals surface area contributed by atoms with Gasteiger partial charge in [-0.3, -0.25) is 0 Å². The van der Waals surface area contributed by atoms with Crippen LogP contribution in [0.1, 0.15) is 57.4 Å². The first-order valence-electron chi connectivity index (χ1n) is 7.57. The molecule has 0 saturated carbocycles. The molecule has 2 heteroatoms. The van der Waals surface area contributed by atoms with Gasteiger partial charge in [0.05, 0.1) is 0 Å². The third kappa shape index (κ3) is 7.37. The van der Waals surface area contributed by atoms with E-state index in [1.54, 1.807) is 0 Å². The van der Waals surface area contributed by atoms with Crippen LogP contribution in [0.5, 0.6) is 0 Å². The van der Waals surface area contributed by atoms with Gasteiger partial charge in [0.2, 0.25) is 0 Å². The first-order chi connectivity index (χ1) is 9.27. The van der Waals surface area contributed by atoms with Gasteiger partial charge in [0, 0.05) is 10.4 Å². The molecule has 0 heterocycles. The highest BCUT2D eigenvalue weighted by molar-refractivity contribution is 9.10. The van der Waals surface area contributed by atoms with E-state index in [0.717, 1.165) is 12.3 Å². The lowest BCUT2D eigenvalue weighted by Gasteiger charge is -2.14. The maximum absolute atomic E-state index is 6.12. The molecule has 1 aromatic rings. The Labute approximate surface area is 132 Å². The maximum atomic E-state index is 6.12. The van der Waals surface area contributed by atoms with Crippen molar-refractivity contribution in [3.8, 4) is 0 Å². The average Bonchev–Trinajstić information content (AvgIpc) is 2.43. The highest BCUT2D eigenvalue weighted by Crippen LogP contribution is 2.23. The molecule has 0 N–H and O–H groups in total.